The lowest BCUT2D eigenvalue weighted by atomic mass is 10.3. The molecular weight excluding hydrogens is 214 g/mol. The van der Waals surface area contributed by atoms with Crippen molar-refractivity contribution >= 4 is 5.95 Å². The van der Waals surface area contributed by atoms with Crippen molar-refractivity contribution in [3.8, 4) is 0 Å². The van der Waals surface area contributed by atoms with Gasteiger partial charge in [0.1, 0.15) is 6.67 Å². The highest BCUT2D eigenvalue weighted by molar-refractivity contribution is 5.29. The number of rotatable bonds is 3. The largest absolute Gasteiger partial charge is 0.338 e. The average molecular weight is 228 g/mol. The van der Waals surface area contributed by atoms with Gasteiger partial charge in [0.25, 0.3) is 0 Å². The Balaban J connectivity index is 1.91. The molecule has 0 radical (unpaired) electrons. The Hall–Kier alpha value is -1.30. The van der Waals surface area contributed by atoms with Gasteiger partial charge in [-0.3, -0.25) is 4.90 Å². The highest BCUT2D eigenvalue weighted by Crippen LogP contribution is 2.10. The normalized spacial score (nSPS) is 17.8. The molecule has 4 nitrogen and oxygen atoms in total. The Morgan fingerprint density at radius 2 is 1.75 bits per heavy atom. The molecule has 1 saturated heterocycles. The molecule has 1 fully saturated rings. The van der Waals surface area contributed by atoms with Gasteiger partial charge in [0.05, 0.1) is 12.4 Å². The third-order valence-corrected chi connectivity index (χ3v) is 2.66. The molecule has 6 heteroatoms. The number of halogens is 2. The van der Waals surface area contributed by atoms with Gasteiger partial charge in [0.15, 0.2) is 5.82 Å². The lowest BCUT2D eigenvalue weighted by Gasteiger charge is -2.34. The molecular formula is C10H14F2N4. The van der Waals surface area contributed by atoms with Crippen molar-refractivity contribution in [3.05, 3.63) is 18.2 Å². The van der Waals surface area contributed by atoms with Gasteiger partial charge in [-0.05, 0) is 0 Å². The first-order valence-electron chi connectivity index (χ1n) is 5.30. The number of hydrogen-bond acceptors (Lipinski definition) is 4. The molecule has 0 aromatic carbocycles. The molecule has 88 valence electrons. The van der Waals surface area contributed by atoms with Gasteiger partial charge in [-0.1, -0.05) is 0 Å². The van der Waals surface area contributed by atoms with Crippen molar-refractivity contribution in [1.82, 2.24) is 14.9 Å². The van der Waals surface area contributed by atoms with E-state index >= 15 is 0 Å². The van der Waals surface area contributed by atoms with Gasteiger partial charge in [-0.15, -0.1) is 0 Å². The monoisotopic (exact) mass is 228 g/mol. The van der Waals surface area contributed by atoms with Crippen molar-refractivity contribution in [2.45, 2.75) is 0 Å². The van der Waals surface area contributed by atoms with E-state index in [2.05, 4.69) is 14.9 Å². The Morgan fingerprint density at radius 3 is 2.31 bits per heavy atom. The first-order valence-corrected chi connectivity index (χ1v) is 5.30. The molecule has 1 aromatic rings. The van der Waals surface area contributed by atoms with Gasteiger partial charge < -0.3 is 4.90 Å². The van der Waals surface area contributed by atoms with Crippen LogP contribution in [0.25, 0.3) is 0 Å². The zero-order chi connectivity index (χ0) is 11.4. The predicted molar refractivity (Wildman–Crippen MR) is 56.6 cm³/mol. The van der Waals surface area contributed by atoms with Crippen molar-refractivity contribution < 1.29 is 8.78 Å². The molecule has 0 spiro atoms. The highest BCUT2D eigenvalue weighted by Gasteiger charge is 2.18. The predicted octanol–water partition coefficient (Wildman–Crippen LogP) is 0.707. The van der Waals surface area contributed by atoms with Crippen molar-refractivity contribution in [1.29, 1.82) is 0 Å². The van der Waals surface area contributed by atoms with Crippen LogP contribution in [0.2, 0.25) is 0 Å². The minimum atomic E-state index is -0.431. The molecule has 0 atom stereocenters. The second kappa shape index (κ2) is 5.16. The van der Waals surface area contributed by atoms with Crippen LogP contribution >= 0.6 is 0 Å². The van der Waals surface area contributed by atoms with Crippen LogP contribution in [0.3, 0.4) is 0 Å². The number of aromatic nitrogens is 2. The van der Waals surface area contributed by atoms with Gasteiger partial charge in [-0.25, -0.2) is 18.7 Å². The second-order valence-corrected chi connectivity index (χ2v) is 3.72. The summed E-state index contributed by atoms with van der Waals surface area (Å²) in [4.78, 5) is 11.9. The van der Waals surface area contributed by atoms with E-state index < -0.39 is 5.82 Å². The van der Waals surface area contributed by atoms with Crippen LogP contribution < -0.4 is 4.90 Å². The highest BCUT2D eigenvalue weighted by atomic mass is 19.1. The van der Waals surface area contributed by atoms with Crippen LogP contribution in [0.4, 0.5) is 14.7 Å². The van der Waals surface area contributed by atoms with Crippen LogP contribution in [0.5, 0.6) is 0 Å². The van der Waals surface area contributed by atoms with E-state index in [0.29, 0.717) is 12.5 Å². The SMILES string of the molecule is FCCN1CCN(c2ncc(F)cn2)CC1. The topological polar surface area (TPSA) is 32.3 Å². The molecule has 16 heavy (non-hydrogen) atoms. The van der Waals surface area contributed by atoms with Crippen LogP contribution in [-0.4, -0.2) is 54.3 Å². The third kappa shape index (κ3) is 2.63. The Morgan fingerprint density at radius 1 is 1.12 bits per heavy atom. The molecule has 0 bridgehead atoms. The number of alkyl halides is 1. The summed E-state index contributed by atoms with van der Waals surface area (Å²) in [5, 5.41) is 0. The Bertz CT molecular complexity index is 322. The zero-order valence-corrected chi connectivity index (χ0v) is 8.94. The Kier molecular flexibility index (Phi) is 3.61. The summed E-state index contributed by atoms with van der Waals surface area (Å²) >= 11 is 0. The summed E-state index contributed by atoms with van der Waals surface area (Å²) in [7, 11) is 0. The van der Waals surface area contributed by atoms with Crippen LogP contribution in [-0.2, 0) is 0 Å². The van der Waals surface area contributed by atoms with Gasteiger partial charge in [0.2, 0.25) is 5.95 Å². The van der Waals surface area contributed by atoms with Crippen molar-refractivity contribution in [2.24, 2.45) is 0 Å². The minimum Gasteiger partial charge on any atom is -0.338 e. The van der Waals surface area contributed by atoms with Crippen LogP contribution in [0.15, 0.2) is 12.4 Å². The fourth-order valence-corrected chi connectivity index (χ4v) is 1.76. The summed E-state index contributed by atoms with van der Waals surface area (Å²) in [5.74, 6) is 0.112. The van der Waals surface area contributed by atoms with Crippen LogP contribution in [0, 0.1) is 5.82 Å². The number of piperazine rings is 1. The molecule has 0 N–H and O–H groups in total. The van der Waals surface area contributed by atoms with Gasteiger partial charge in [-0.2, -0.15) is 0 Å². The van der Waals surface area contributed by atoms with E-state index in [1.165, 1.54) is 0 Å². The van der Waals surface area contributed by atoms with E-state index in [0.717, 1.165) is 38.6 Å². The van der Waals surface area contributed by atoms with Crippen LogP contribution in [0.1, 0.15) is 0 Å². The summed E-state index contributed by atoms with van der Waals surface area (Å²) in [6.45, 7) is 3.28. The maximum absolute atomic E-state index is 12.6. The molecule has 0 amide bonds. The molecule has 2 rings (SSSR count). The van der Waals surface area contributed by atoms with E-state index in [9.17, 15) is 8.78 Å². The van der Waals surface area contributed by atoms with Gasteiger partial charge >= 0.3 is 0 Å². The summed E-state index contributed by atoms with van der Waals surface area (Å²) in [6, 6.07) is 0. The van der Waals surface area contributed by atoms with Crippen molar-refractivity contribution in [3.63, 3.8) is 0 Å². The molecule has 2 heterocycles. The first kappa shape index (κ1) is 11.2. The lowest BCUT2D eigenvalue weighted by Crippen LogP contribution is -2.47. The zero-order valence-electron chi connectivity index (χ0n) is 8.94. The second-order valence-electron chi connectivity index (χ2n) is 3.72. The standard InChI is InChI=1S/C10H14F2N4/c11-1-2-15-3-5-16(6-4-15)10-13-7-9(12)8-14-10/h7-8H,1-6H2. The maximum atomic E-state index is 12.6. The molecule has 0 aliphatic carbocycles. The molecule has 1 aliphatic heterocycles. The summed E-state index contributed by atoms with van der Waals surface area (Å²) < 4.78 is 24.7. The smallest absolute Gasteiger partial charge is 0.225 e. The first-order chi connectivity index (χ1) is 7.79. The van der Waals surface area contributed by atoms with Crippen molar-refractivity contribution in [2.75, 3.05) is 44.3 Å². The van der Waals surface area contributed by atoms with E-state index in [1.54, 1.807) is 0 Å². The van der Waals surface area contributed by atoms with E-state index in [1.807, 2.05) is 4.90 Å². The summed E-state index contributed by atoms with van der Waals surface area (Å²) in [6.07, 6.45) is 2.33. The average Bonchev–Trinajstić information content (AvgIpc) is 2.32. The number of anilines is 1. The number of nitrogens with zero attached hydrogens (tertiary/aromatic N) is 4. The molecule has 0 saturated carbocycles. The van der Waals surface area contributed by atoms with Gasteiger partial charge in [0, 0.05) is 32.7 Å². The fourth-order valence-electron chi connectivity index (χ4n) is 1.76. The molecule has 1 aromatic heterocycles. The van der Waals surface area contributed by atoms with E-state index in [4.69, 9.17) is 0 Å². The maximum Gasteiger partial charge on any atom is 0.225 e. The quantitative estimate of drug-likeness (QED) is 0.762. The summed E-state index contributed by atoms with van der Waals surface area (Å²) in [5.41, 5.74) is 0. The molecule has 1 aliphatic rings. The Labute approximate surface area is 92.9 Å². The lowest BCUT2D eigenvalue weighted by molar-refractivity contribution is 0.234. The van der Waals surface area contributed by atoms with E-state index in [-0.39, 0.29) is 6.67 Å². The third-order valence-electron chi connectivity index (χ3n) is 2.66. The minimum absolute atomic E-state index is 0.312. The number of hydrogen-bond donors (Lipinski definition) is 0. The fraction of sp³-hybridized carbons (Fsp3) is 0.600. The molecule has 0 unspecified atom stereocenters.